The van der Waals surface area contributed by atoms with Crippen molar-refractivity contribution in [2.75, 3.05) is 79.0 Å². The summed E-state index contributed by atoms with van der Waals surface area (Å²) in [4.78, 5) is 168. The van der Waals surface area contributed by atoms with Crippen molar-refractivity contribution < 1.29 is 91.1 Å². The summed E-state index contributed by atoms with van der Waals surface area (Å²) in [6.07, 6.45) is 0.158. The molecule has 0 bridgehead atoms. The average molecular weight is 1480 g/mol. The molecule has 5 atom stereocenters. The first-order chi connectivity index (χ1) is 45.5. The third-order valence-corrected chi connectivity index (χ3v) is 16.2. The van der Waals surface area contributed by atoms with Crippen LogP contribution < -0.4 is 42.3 Å². The highest BCUT2D eigenvalue weighted by Crippen LogP contribution is 2.19. The van der Waals surface area contributed by atoms with Crippen molar-refractivity contribution in [1.82, 2.24) is 37.2 Å². The zero-order valence-electron chi connectivity index (χ0n) is 56.8. The zero-order chi connectivity index (χ0) is 71.4. The number of hydrogen-bond donors (Lipinski definition) is 7. The standard InChI is InChI=1S/C68H101IN7O19P/c1-45(2)34-56(58(81)24-21-47(5)77)75-64(87)50(36-48-16-11-9-12-17-48)38-53(79)40-71-61(84)43-93-32-30-91-28-15-20-52(78)22-23-55(74-60(83)42-73-67(90)95-68(6,7)8)66(89)70-27-29-92-31-33-94-44-62(85)72-41-54(80)39-51(37-49-18-13-10-14-19-49)65(88)76-57(35-46(3)4)59(82)25-26-63(86)96-69/h9-14,16-19,45-46,50-51,55-57,86H,15,20-44H2,1-8H3,(H,70,89)(H,71,84)(H,72,85)(H,73,90)(H,74,83)(H,75,87)(H,76,88)/p-1. The minimum absolute atomic E-state index is 0.00602. The van der Waals surface area contributed by atoms with Crippen molar-refractivity contribution >= 4 is 110 Å². The van der Waals surface area contributed by atoms with E-state index >= 15 is 0 Å². The lowest BCUT2D eigenvalue weighted by Gasteiger charge is -2.24. The predicted octanol–water partition coefficient (Wildman–Crippen LogP) is 4.31. The molecule has 0 spiro atoms. The van der Waals surface area contributed by atoms with Gasteiger partial charge in [-0.15, -0.1) is 5.48 Å². The summed E-state index contributed by atoms with van der Waals surface area (Å²) in [5, 5.41) is 30.1. The number of Topliss-reactive ketones (excluding diaryl/α,β-unsaturated/α-hetero) is 6. The number of benzene rings is 2. The first-order valence-corrected chi connectivity index (χ1v) is 36.2. The number of ether oxygens (including phenoxy) is 5. The fourth-order valence-corrected chi connectivity index (χ4v) is 10.3. The van der Waals surface area contributed by atoms with Gasteiger partial charge in [0, 0.05) is 69.9 Å². The molecule has 0 aliphatic carbocycles. The molecule has 0 radical (unpaired) electrons. The van der Waals surface area contributed by atoms with E-state index in [1.807, 2.05) is 110 Å². The summed E-state index contributed by atoms with van der Waals surface area (Å²) in [7, 11) is 0. The van der Waals surface area contributed by atoms with E-state index < -0.39 is 102 Å². The largest absolute Gasteiger partial charge is 0.827 e. The van der Waals surface area contributed by atoms with E-state index in [4.69, 9.17) is 23.7 Å². The molecule has 0 aliphatic heterocycles. The van der Waals surface area contributed by atoms with Gasteiger partial charge in [-0.1, -0.05) is 88.4 Å². The number of rotatable bonds is 52. The molecule has 0 saturated heterocycles. The highest BCUT2D eigenvalue weighted by Gasteiger charge is 2.31. The van der Waals surface area contributed by atoms with Crippen LogP contribution in [-0.2, 0) is 94.1 Å². The third kappa shape index (κ3) is 42.0. The first kappa shape index (κ1) is 85.3. The van der Waals surface area contributed by atoms with Gasteiger partial charge in [0.2, 0.25) is 35.4 Å². The van der Waals surface area contributed by atoms with Crippen LogP contribution in [0.3, 0.4) is 0 Å². The monoisotopic (exact) mass is 1480 g/mol. The Bertz CT molecular complexity index is 2840. The average Bonchev–Trinajstić information content (AvgIpc) is 1.16. The molecule has 0 saturated carbocycles. The highest BCUT2D eigenvalue weighted by atomic mass is 127. The number of carbonyl (C=O) groups is 13. The topological polar surface area (TPSA) is 375 Å². The normalized spacial score (nSPS) is 13.1. The molecule has 534 valence electrons. The maximum atomic E-state index is 13.7. The lowest BCUT2D eigenvalue weighted by molar-refractivity contribution is -0.212. The Labute approximate surface area is 578 Å². The second-order valence-electron chi connectivity index (χ2n) is 25.1. The zero-order valence-corrected chi connectivity index (χ0v) is 59.8. The number of carbonyl (C=O) groups excluding carboxylic acids is 13. The van der Waals surface area contributed by atoms with Crippen LogP contribution in [-0.4, -0.2) is 184 Å². The van der Waals surface area contributed by atoms with Crippen LogP contribution in [0.15, 0.2) is 60.7 Å². The summed E-state index contributed by atoms with van der Waals surface area (Å²) in [5.41, 5.74) is 0.676. The summed E-state index contributed by atoms with van der Waals surface area (Å²) in [5.74, 6) is -6.26. The molecule has 0 heterocycles. The van der Waals surface area contributed by atoms with E-state index in [0.717, 1.165) is 11.1 Å². The van der Waals surface area contributed by atoms with Crippen molar-refractivity contribution in [3.63, 3.8) is 0 Å². The summed E-state index contributed by atoms with van der Waals surface area (Å²) in [6, 6.07) is 15.3. The summed E-state index contributed by atoms with van der Waals surface area (Å²) in [6.45, 7) is 12.1. The Balaban J connectivity index is 1.80. The molecule has 2 aromatic rings. The van der Waals surface area contributed by atoms with E-state index in [2.05, 4.69) is 37.2 Å². The fourth-order valence-electron chi connectivity index (χ4n) is 9.41. The van der Waals surface area contributed by atoms with Gasteiger partial charge >= 0.3 is 6.09 Å². The first-order valence-electron chi connectivity index (χ1n) is 32.5. The number of hydrogen-bond acceptors (Lipinski definition) is 19. The van der Waals surface area contributed by atoms with Gasteiger partial charge in [0.05, 0.1) is 58.2 Å². The molecule has 7 amide bonds. The summed E-state index contributed by atoms with van der Waals surface area (Å²) >= 11 is 1.91. The number of nitrogens with one attached hydrogen (secondary N) is 7. The Morgan fingerprint density at radius 3 is 1.43 bits per heavy atom. The molecular formula is C68H100IN7O19P-. The molecule has 2 rings (SSSR count). The van der Waals surface area contributed by atoms with Gasteiger partial charge in [0.1, 0.15) is 43.0 Å². The molecule has 0 fully saturated rings. The van der Waals surface area contributed by atoms with E-state index in [1.165, 1.54) is 6.92 Å². The Kier molecular flexibility index (Phi) is 43.4. The molecular weight excluding hydrogens is 1380 g/mol. The molecule has 0 aliphatic rings. The van der Waals surface area contributed by atoms with E-state index in [1.54, 1.807) is 20.8 Å². The van der Waals surface area contributed by atoms with E-state index in [9.17, 15) is 67.4 Å². The van der Waals surface area contributed by atoms with Crippen LogP contribution in [0.2, 0.25) is 0 Å². The van der Waals surface area contributed by atoms with Gasteiger partial charge in [0.15, 0.2) is 23.1 Å². The Morgan fingerprint density at radius 1 is 0.500 bits per heavy atom. The summed E-state index contributed by atoms with van der Waals surface area (Å²) < 4.78 is 27.1. The van der Waals surface area contributed by atoms with Gasteiger partial charge in [0.25, 0.3) is 0 Å². The van der Waals surface area contributed by atoms with Gasteiger partial charge in [-0.05, 0) is 123 Å². The van der Waals surface area contributed by atoms with Crippen molar-refractivity contribution in [3.8, 4) is 0 Å². The van der Waals surface area contributed by atoms with Crippen molar-refractivity contribution in [2.45, 2.75) is 169 Å². The predicted molar refractivity (Wildman–Crippen MR) is 366 cm³/mol. The number of ketones is 6. The van der Waals surface area contributed by atoms with Crippen molar-refractivity contribution in [3.05, 3.63) is 71.8 Å². The minimum atomic E-state index is -1.18. The van der Waals surface area contributed by atoms with E-state index in [0.29, 0.717) is 25.1 Å². The second-order valence-corrected chi connectivity index (χ2v) is 27.2. The molecule has 0 aromatic heterocycles. The molecule has 7 N–H and O–H groups in total. The fraction of sp³-hybridized carbons (Fsp3) is 0.618. The van der Waals surface area contributed by atoms with Crippen LogP contribution in [0.5, 0.6) is 0 Å². The Hall–Kier alpha value is -6.75. The highest BCUT2D eigenvalue weighted by molar-refractivity contribution is 14.2. The van der Waals surface area contributed by atoms with Crippen LogP contribution >= 0.6 is 27.9 Å². The molecule has 96 heavy (non-hydrogen) atoms. The quantitative estimate of drug-likeness (QED) is 0.0275. The van der Waals surface area contributed by atoms with Gasteiger partial charge in [-0.25, -0.2) is 4.79 Å². The van der Waals surface area contributed by atoms with Crippen molar-refractivity contribution in [1.29, 1.82) is 0 Å². The van der Waals surface area contributed by atoms with Crippen LogP contribution in [0.25, 0.3) is 0 Å². The SMILES string of the molecule is CC(=O)CCC(=O)C(CC(C)C)NC(=O)C(CC(=O)CNC(=O)COCCOCCCC(=O)CCC(NC(=O)CNC(=O)OC(C)(C)C)C(=O)NCCOCCOCC(=O)NCC(=O)CC(Cc1ccccc1)C(=O)NC(CC(C)C)C(=O)CCC([O-])=PI)Cc1ccccc1. The third-order valence-electron chi connectivity index (χ3n) is 14.2. The maximum Gasteiger partial charge on any atom is 0.408 e. The van der Waals surface area contributed by atoms with Gasteiger partial charge < -0.3 is 70.8 Å². The minimum Gasteiger partial charge on any atom is -0.827 e. The molecule has 2 aromatic carbocycles. The van der Waals surface area contributed by atoms with Crippen LogP contribution in [0.4, 0.5) is 4.79 Å². The number of halogens is 1. The lowest BCUT2D eigenvalue weighted by atomic mass is 9.91. The lowest BCUT2D eigenvalue weighted by Crippen LogP contribution is -2.50. The smallest absolute Gasteiger partial charge is 0.408 e. The van der Waals surface area contributed by atoms with Gasteiger partial charge in [-0.3, -0.25) is 52.7 Å². The molecule has 5 unspecified atom stereocenters. The van der Waals surface area contributed by atoms with Crippen molar-refractivity contribution in [2.24, 2.45) is 23.7 Å². The van der Waals surface area contributed by atoms with E-state index in [-0.39, 0.29) is 177 Å². The van der Waals surface area contributed by atoms with Crippen LogP contribution in [0.1, 0.15) is 144 Å². The van der Waals surface area contributed by atoms with Gasteiger partial charge in [-0.2, -0.15) is 0 Å². The maximum absolute atomic E-state index is 13.7. The molecule has 28 heteroatoms. The number of amides is 7. The second kappa shape index (κ2) is 48.9. The molecule has 26 nitrogen and oxygen atoms in total. The number of alkyl carbamates (subject to hydrolysis) is 1. The Morgan fingerprint density at radius 2 is 0.969 bits per heavy atom. The van der Waals surface area contributed by atoms with Crippen LogP contribution in [0, 0.1) is 23.7 Å².